The maximum atomic E-state index is 11.4. The summed E-state index contributed by atoms with van der Waals surface area (Å²) in [6.07, 6.45) is 2.34. The molecule has 0 rings (SSSR count). The monoisotopic (exact) mass is 614 g/mol. The van der Waals surface area contributed by atoms with E-state index in [9.17, 15) is 4.79 Å². The molecule has 0 radical (unpaired) electrons. The zero-order valence-electron chi connectivity index (χ0n) is 25.9. The third kappa shape index (κ3) is 22.6. The molecular formula is C24H58O8Si5. The van der Waals surface area contributed by atoms with Crippen molar-refractivity contribution in [2.45, 2.75) is 110 Å². The molecule has 13 heteroatoms. The van der Waals surface area contributed by atoms with Crippen molar-refractivity contribution in [2.24, 2.45) is 0 Å². The van der Waals surface area contributed by atoms with Gasteiger partial charge >= 0.3 is 23.1 Å². The molecule has 0 aromatic heterocycles. The largest absolute Gasteiger partial charge is 0.462 e. The number of carbonyl (C=O) groups is 1. The van der Waals surface area contributed by atoms with Gasteiger partial charge in [-0.05, 0) is 110 Å². The Bertz CT molecular complexity index is 668. The van der Waals surface area contributed by atoms with Gasteiger partial charge in [0, 0.05) is 25.9 Å². The van der Waals surface area contributed by atoms with Gasteiger partial charge in [0.1, 0.15) is 0 Å². The van der Waals surface area contributed by atoms with Crippen molar-refractivity contribution in [3.63, 3.8) is 0 Å². The molecule has 0 amide bonds. The first-order valence-corrected chi connectivity index (χ1v) is 28.3. The molecule has 0 aliphatic rings. The highest BCUT2D eigenvalue weighted by molar-refractivity contribution is 6.86. The molecule has 0 heterocycles. The van der Waals surface area contributed by atoms with Crippen LogP contribution in [0.4, 0.5) is 0 Å². The van der Waals surface area contributed by atoms with E-state index in [1.165, 1.54) is 0 Å². The zero-order chi connectivity index (χ0) is 29.6. The Morgan fingerprint density at radius 2 is 1.19 bits per heavy atom. The van der Waals surface area contributed by atoms with Crippen molar-refractivity contribution < 1.29 is 36.5 Å². The molecule has 37 heavy (non-hydrogen) atoms. The van der Waals surface area contributed by atoms with Crippen molar-refractivity contribution in [1.29, 1.82) is 0 Å². The lowest BCUT2D eigenvalue weighted by molar-refractivity contribution is -0.138. The van der Waals surface area contributed by atoms with E-state index in [1.54, 1.807) is 14.0 Å². The molecule has 0 aromatic carbocycles. The molecule has 0 aliphatic heterocycles. The zero-order valence-corrected chi connectivity index (χ0v) is 30.9. The molecule has 0 fully saturated rings. The Kier molecular flexibility index (Phi) is 18.7. The lowest BCUT2D eigenvalue weighted by atomic mass is 10.4. The highest BCUT2D eigenvalue weighted by atomic mass is 28.5. The van der Waals surface area contributed by atoms with E-state index in [4.69, 9.17) is 31.7 Å². The van der Waals surface area contributed by atoms with Crippen LogP contribution < -0.4 is 0 Å². The average molecular weight is 615 g/mol. The van der Waals surface area contributed by atoms with Crippen LogP contribution in [0.1, 0.15) is 26.2 Å². The lowest BCUT2D eigenvalue weighted by Gasteiger charge is -2.39. The lowest BCUT2D eigenvalue weighted by Crippen LogP contribution is -2.54. The first-order valence-electron chi connectivity index (χ1n) is 13.3. The summed E-state index contributed by atoms with van der Waals surface area (Å²) in [6, 6.07) is 2.71. The van der Waals surface area contributed by atoms with Gasteiger partial charge in [0.15, 0.2) is 25.0 Å². The minimum Gasteiger partial charge on any atom is -0.462 e. The summed E-state index contributed by atoms with van der Waals surface area (Å²) in [5.74, 6) is -0.364. The maximum Gasteiger partial charge on any atom is 0.333 e. The number of aliphatic hydroxyl groups excluding tert-OH is 2. The predicted molar refractivity (Wildman–Crippen MR) is 166 cm³/mol. The van der Waals surface area contributed by atoms with Gasteiger partial charge in [-0.1, -0.05) is 6.58 Å². The van der Waals surface area contributed by atoms with Crippen LogP contribution in [-0.2, 0) is 26.3 Å². The van der Waals surface area contributed by atoms with Crippen molar-refractivity contribution in [1.82, 2.24) is 0 Å². The van der Waals surface area contributed by atoms with E-state index >= 15 is 0 Å². The Hall–Kier alpha value is 0.0544. The summed E-state index contributed by atoms with van der Waals surface area (Å²) in [6.45, 7) is 27.6. The molecule has 0 aromatic rings. The standard InChI is InChI=1S/C16H36O6Si3.C8H22O2Si2/c1-15(2)16(18)20-12-10-14-25(8,19-3)22-24(6,7)21-23(4,5)13-9-11-17;1-11(2,3)10-12(4,5)8-6-7-9/h17H,1,9-14H2,2-8H3;9H,6-8H2,1-5H3. The van der Waals surface area contributed by atoms with E-state index in [2.05, 4.69) is 52.4 Å². The second-order valence-electron chi connectivity index (χ2n) is 12.3. The van der Waals surface area contributed by atoms with E-state index in [-0.39, 0.29) is 12.6 Å². The third-order valence-electron chi connectivity index (χ3n) is 5.23. The van der Waals surface area contributed by atoms with Gasteiger partial charge in [0.05, 0.1) is 6.61 Å². The fraction of sp³-hybridized carbons (Fsp3) is 0.875. The Balaban J connectivity index is 0. The van der Waals surface area contributed by atoms with Gasteiger partial charge in [-0.15, -0.1) is 0 Å². The highest BCUT2D eigenvalue weighted by Crippen LogP contribution is 2.26. The SMILES string of the molecule is C=C(C)C(=O)OCCC[Si](C)(OC)O[Si](C)(C)O[Si](C)(C)CCCO.C[Si](C)(C)O[Si](C)(C)CCCO. The van der Waals surface area contributed by atoms with Crippen molar-refractivity contribution in [2.75, 3.05) is 26.9 Å². The fourth-order valence-electron chi connectivity index (χ4n) is 4.02. The molecule has 222 valence electrons. The summed E-state index contributed by atoms with van der Waals surface area (Å²) in [7, 11) is -7.77. The molecular weight excluding hydrogens is 557 g/mol. The Labute approximate surface area is 233 Å². The highest BCUT2D eigenvalue weighted by Gasteiger charge is 2.42. The van der Waals surface area contributed by atoms with E-state index in [0.29, 0.717) is 25.2 Å². The number of hydrogen-bond acceptors (Lipinski definition) is 8. The summed E-state index contributed by atoms with van der Waals surface area (Å²) in [5.41, 5.74) is 0.403. The normalized spacial score (nSPS) is 14.4. The van der Waals surface area contributed by atoms with Crippen LogP contribution in [0.2, 0.25) is 83.6 Å². The second kappa shape index (κ2) is 17.7. The van der Waals surface area contributed by atoms with Gasteiger partial charge in [0.2, 0.25) is 0 Å². The van der Waals surface area contributed by atoms with Gasteiger partial charge in [-0.25, -0.2) is 4.79 Å². The molecule has 0 spiro atoms. The summed E-state index contributed by atoms with van der Waals surface area (Å²) < 4.78 is 29.7. The molecule has 8 nitrogen and oxygen atoms in total. The van der Waals surface area contributed by atoms with Crippen molar-refractivity contribution in [3.8, 4) is 0 Å². The molecule has 0 saturated heterocycles. The van der Waals surface area contributed by atoms with Gasteiger partial charge in [-0.2, -0.15) is 0 Å². The second-order valence-corrected chi connectivity index (χ2v) is 33.0. The Morgan fingerprint density at radius 1 is 0.730 bits per heavy atom. The maximum absolute atomic E-state index is 11.4. The number of hydrogen-bond donors (Lipinski definition) is 2. The van der Waals surface area contributed by atoms with Crippen LogP contribution in [0.3, 0.4) is 0 Å². The quantitative estimate of drug-likeness (QED) is 0.0843. The van der Waals surface area contributed by atoms with Gasteiger partial charge in [0.25, 0.3) is 0 Å². The topological polar surface area (TPSA) is 104 Å². The average Bonchev–Trinajstić information content (AvgIpc) is 2.71. The van der Waals surface area contributed by atoms with Crippen molar-refractivity contribution >= 4 is 48.0 Å². The van der Waals surface area contributed by atoms with Crippen molar-refractivity contribution in [3.05, 3.63) is 12.2 Å². The number of aliphatic hydroxyl groups is 2. The molecule has 1 unspecified atom stereocenters. The minimum atomic E-state index is -2.39. The minimum absolute atomic E-state index is 0.191. The number of rotatable bonds is 18. The van der Waals surface area contributed by atoms with Crippen LogP contribution in [0, 0.1) is 0 Å². The smallest absolute Gasteiger partial charge is 0.333 e. The molecule has 0 aliphatic carbocycles. The molecule has 0 bridgehead atoms. The van der Waals surface area contributed by atoms with Gasteiger partial charge < -0.3 is 31.7 Å². The van der Waals surface area contributed by atoms with E-state index in [1.807, 2.05) is 19.6 Å². The van der Waals surface area contributed by atoms with Crippen LogP contribution in [0.15, 0.2) is 12.2 Å². The Morgan fingerprint density at radius 3 is 1.57 bits per heavy atom. The van der Waals surface area contributed by atoms with E-state index < -0.39 is 42.1 Å². The third-order valence-corrected chi connectivity index (χ3v) is 23.0. The van der Waals surface area contributed by atoms with Crippen LogP contribution in [0.5, 0.6) is 0 Å². The van der Waals surface area contributed by atoms with Crippen LogP contribution in [-0.4, -0.2) is 85.2 Å². The van der Waals surface area contributed by atoms with E-state index in [0.717, 1.165) is 31.0 Å². The predicted octanol–water partition coefficient (Wildman–Crippen LogP) is 5.96. The van der Waals surface area contributed by atoms with Gasteiger partial charge in [-0.3, -0.25) is 0 Å². The molecule has 0 saturated carbocycles. The van der Waals surface area contributed by atoms with Crippen LogP contribution >= 0.6 is 0 Å². The summed E-state index contributed by atoms with van der Waals surface area (Å²) >= 11 is 0. The number of ether oxygens (including phenoxy) is 1. The number of esters is 1. The first-order chi connectivity index (χ1) is 16.6. The van der Waals surface area contributed by atoms with Crippen LogP contribution in [0.25, 0.3) is 0 Å². The number of carbonyl (C=O) groups excluding carboxylic acids is 1. The molecule has 1 atom stereocenters. The first kappa shape index (κ1) is 39.2. The summed E-state index contributed by atoms with van der Waals surface area (Å²) in [4.78, 5) is 11.4. The molecule has 2 N–H and O–H groups in total. The fourth-order valence-corrected chi connectivity index (χ4v) is 25.2. The summed E-state index contributed by atoms with van der Waals surface area (Å²) in [5, 5.41) is 17.7.